The van der Waals surface area contributed by atoms with E-state index in [9.17, 15) is 0 Å². The summed E-state index contributed by atoms with van der Waals surface area (Å²) >= 11 is 3.58. The van der Waals surface area contributed by atoms with Crippen molar-refractivity contribution in [2.24, 2.45) is 5.41 Å². The molecule has 1 aromatic carbocycles. The van der Waals surface area contributed by atoms with Gasteiger partial charge >= 0.3 is 0 Å². The highest BCUT2D eigenvalue weighted by Gasteiger charge is 2.13. The van der Waals surface area contributed by atoms with Gasteiger partial charge in [0.1, 0.15) is 0 Å². The van der Waals surface area contributed by atoms with Gasteiger partial charge in [0.05, 0.1) is 0 Å². The molecular weight excluding hydrogens is 250 g/mol. The van der Waals surface area contributed by atoms with Crippen LogP contribution in [-0.4, -0.2) is 6.54 Å². The van der Waals surface area contributed by atoms with Crippen molar-refractivity contribution in [3.05, 3.63) is 34.3 Å². The van der Waals surface area contributed by atoms with E-state index < -0.39 is 0 Å². The molecular formula is C13H20BrN. The average Bonchev–Trinajstić information content (AvgIpc) is 2.14. The van der Waals surface area contributed by atoms with Crippen LogP contribution in [0, 0.1) is 5.41 Å². The zero-order valence-electron chi connectivity index (χ0n) is 9.97. The summed E-state index contributed by atoms with van der Waals surface area (Å²) in [6.45, 7) is 9.95. The first-order valence-corrected chi connectivity index (χ1v) is 6.17. The maximum atomic E-state index is 3.58. The van der Waals surface area contributed by atoms with Gasteiger partial charge in [0.2, 0.25) is 0 Å². The lowest BCUT2D eigenvalue weighted by molar-refractivity contribution is 0.359. The van der Waals surface area contributed by atoms with Gasteiger partial charge in [0.25, 0.3) is 0 Å². The molecule has 0 aromatic heterocycles. The molecule has 1 rings (SSSR count). The molecule has 0 aliphatic heterocycles. The summed E-state index contributed by atoms with van der Waals surface area (Å²) in [5.74, 6) is 0. The van der Waals surface area contributed by atoms with E-state index in [1.807, 2.05) is 6.07 Å². The molecule has 0 aliphatic rings. The summed E-state index contributed by atoms with van der Waals surface area (Å²) in [4.78, 5) is 0. The zero-order chi connectivity index (χ0) is 11.5. The lowest BCUT2D eigenvalue weighted by Gasteiger charge is -2.23. The minimum absolute atomic E-state index is 0.329. The predicted molar refractivity (Wildman–Crippen MR) is 70.0 cm³/mol. The van der Waals surface area contributed by atoms with Gasteiger partial charge < -0.3 is 5.32 Å². The maximum Gasteiger partial charge on any atom is 0.0303 e. The highest BCUT2D eigenvalue weighted by molar-refractivity contribution is 9.10. The van der Waals surface area contributed by atoms with Crippen LogP contribution in [0.1, 0.15) is 39.3 Å². The van der Waals surface area contributed by atoms with E-state index >= 15 is 0 Å². The highest BCUT2D eigenvalue weighted by atomic mass is 79.9. The third kappa shape index (κ3) is 4.35. The van der Waals surface area contributed by atoms with Gasteiger partial charge in [0.15, 0.2) is 0 Å². The summed E-state index contributed by atoms with van der Waals surface area (Å²) in [6.07, 6.45) is 0. The van der Waals surface area contributed by atoms with Crippen LogP contribution in [-0.2, 0) is 0 Å². The Morgan fingerprint density at radius 1 is 1.27 bits per heavy atom. The van der Waals surface area contributed by atoms with Crippen molar-refractivity contribution >= 4 is 15.9 Å². The van der Waals surface area contributed by atoms with Crippen molar-refractivity contribution in [1.29, 1.82) is 0 Å². The molecule has 0 saturated heterocycles. The van der Waals surface area contributed by atoms with E-state index in [0.717, 1.165) is 6.54 Å². The predicted octanol–water partition coefficient (Wildman–Crippen LogP) is 4.15. The molecule has 0 bridgehead atoms. The van der Waals surface area contributed by atoms with Crippen LogP contribution >= 0.6 is 15.9 Å². The minimum Gasteiger partial charge on any atom is -0.310 e. The Morgan fingerprint density at radius 2 is 1.87 bits per heavy atom. The lowest BCUT2D eigenvalue weighted by Crippen LogP contribution is -2.29. The smallest absolute Gasteiger partial charge is 0.0303 e. The van der Waals surface area contributed by atoms with Crippen LogP contribution in [0.25, 0.3) is 0 Å². The van der Waals surface area contributed by atoms with Crippen molar-refractivity contribution in [2.75, 3.05) is 6.54 Å². The van der Waals surface area contributed by atoms with Gasteiger partial charge in [-0.2, -0.15) is 0 Å². The maximum absolute atomic E-state index is 3.58. The molecule has 0 spiro atoms. The molecule has 1 N–H and O–H groups in total. The van der Waals surface area contributed by atoms with E-state index in [-0.39, 0.29) is 0 Å². The second kappa shape index (κ2) is 5.13. The molecule has 0 amide bonds. The first kappa shape index (κ1) is 12.7. The van der Waals surface area contributed by atoms with Crippen LogP contribution in [0.2, 0.25) is 0 Å². The van der Waals surface area contributed by atoms with Crippen LogP contribution < -0.4 is 5.32 Å². The molecule has 0 aliphatic carbocycles. The molecule has 0 heterocycles. The number of hydrogen-bond acceptors (Lipinski definition) is 1. The fraction of sp³-hybridized carbons (Fsp3) is 0.538. The standard InChI is InChI=1S/C13H20BrN/c1-10(15-9-13(2,3)4)11-7-5-6-8-12(11)14/h5-8,10,15H,9H2,1-4H3/t10-/m0/s1. The van der Waals surface area contributed by atoms with Gasteiger partial charge in [0, 0.05) is 17.1 Å². The summed E-state index contributed by atoms with van der Waals surface area (Å²) in [5, 5.41) is 3.55. The van der Waals surface area contributed by atoms with E-state index in [1.165, 1.54) is 10.0 Å². The van der Waals surface area contributed by atoms with Gasteiger partial charge in [-0.25, -0.2) is 0 Å². The first-order valence-electron chi connectivity index (χ1n) is 5.38. The molecule has 1 aromatic rings. The van der Waals surface area contributed by atoms with Crippen molar-refractivity contribution in [3.63, 3.8) is 0 Å². The molecule has 0 radical (unpaired) electrons. The second-order valence-electron chi connectivity index (χ2n) is 5.18. The van der Waals surface area contributed by atoms with Crippen molar-refractivity contribution in [1.82, 2.24) is 5.32 Å². The quantitative estimate of drug-likeness (QED) is 0.870. The van der Waals surface area contributed by atoms with Gasteiger partial charge in [-0.1, -0.05) is 54.9 Å². The van der Waals surface area contributed by atoms with Gasteiger partial charge in [-0.3, -0.25) is 0 Å². The molecule has 1 nitrogen and oxygen atoms in total. The zero-order valence-corrected chi connectivity index (χ0v) is 11.6. The fourth-order valence-corrected chi connectivity index (χ4v) is 2.02. The molecule has 1 atom stereocenters. The van der Waals surface area contributed by atoms with Gasteiger partial charge in [-0.15, -0.1) is 0 Å². The fourth-order valence-electron chi connectivity index (χ4n) is 1.40. The summed E-state index contributed by atoms with van der Waals surface area (Å²) in [7, 11) is 0. The normalized spacial score (nSPS) is 13.9. The van der Waals surface area contributed by atoms with E-state index in [2.05, 4.69) is 67.1 Å². The first-order chi connectivity index (χ1) is 6.90. The Bertz CT molecular complexity index is 315. The minimum atomic E-state index is 0.329. The van der Waals surface area contributed by atoms with Crippen LogP contribution in [0.5, 0.6) is 0 Å². The molecule has 15 heavy (non-hydrogen) atoms. The number of hydrogen-bond donors (Lipinski definition) is 1. The molecule has 2 heteroatoms. The van der Waals surface area contributed by atoms with E-state index in [0.29, 0.717) is 11.5 Å². The highest BCUT2D eigenvalue weighted by Crippen LogP contribution is 2.23. The number of benzene rings is 1. The SMILES string of the molecule is C[C@H](NCC(C)(C)C)c1ccccc1Br. The number of rotatable bonds is 3. The number of halogens is 1. The summed E-state index contributed by atoms with van der Waals surface area (Å²) in [6, 6.07) is 8.76. The third-order valence-electron chi connectivity index (χ3n) is 2.31. The summed E-state index contributed by atoms with van der Waals surface area (Å²) in [5.41, 5.74) is 1.65. The second-order valence-corrected chi connectivity index (χ2v) is 6.04. The van der Waals surface area contributed by atoms with Crippen LogP contribution in [0.3, 0.4) is 0 Å². The Labute approximate surface area is 101 Å². The monoisotopic (exact) mass is 269 g/mol. The molecule has 84 valence electrons. The molecule has 0 fully saturated rings. The Balaban J connectivity index is 2.62. The van der Waals surface area contributed by atoms with Crippen LogP contribution in [0.15, 0.2) is 28.7 Å². The van der Waals surface area contributed by atoms with E-state index in [4.69, 9.17) is 0 Å². The van der Waals surface area contributed by atoms with Crippen molar-refractivity contribution in [2.45, 2.75) is 33.7 Å². The van der Waals surface area contributed by atoms with Crippen molar-refractivity contribution in [3.8, 4) is 0 Å². The molecule has 0 unspecified atom stereocenters. The molecule has 0 saturated carbocycles. The summed E-state index contributed by atoms with van der Waals surface area (Å²) < 4.78 is 1.18. The number of nitrogens with one attached hydrogen (secondary N) is 1. The van der Waals surface area contributed by atoms with E-state index in [1.54, 1.807) is 0 Å². The Morgan fingerprint density at radius 3 is 2.40 bits per heavy atom. The average molecular weight is 270 g/mol. The topological polar surface area (TPSA) is 12.0 Å². The largest absolute Gasteiger partial charge is 0.310 e. The van der Waals surface area contributed by atoms with Crippen LogP contribution in [0.4, 0.5) is 0 Å². The lowest BCUT2D eigenvalue weighted by atomic mass is 9.96. The Kier molecular flexibility index (Phi) is 4.35. The third-order valence-corrected chi connectivity index (χ3v) is 3.03. The van der Waals surface area contributed by atoms with Gasteiger partial charge in [-0.05, 0) is 24.0 Å². The van der Waals surface area contributed by atoms with Crippen molar-refractivity contribution < 1.29 is 0 Å². The Hall–Kier alpha value is -0.340.